The van der Waals surface area contributed by atoms with Crippen LogP contribution in [0.2, 0.25) is 0 Å². The summed E-state index contributed by atoms with van der Waals surface area (Å²) in [6, 6.07) is 0. The van der Waals surface area contributed by atoms with Crippen molar-refractivity contribution in [3.05, 3.63) is 63.1 Å². The lowest BCUT2D eigenvalue weighted by Gasteiger charge is -2.11. The van der Waals surface area contributed by atoms with Crippen LogP contribution in [0.1, 0.15) is 35.7 Å². The van der Waals surface area contributed by atoms with Crippen LogP contribution in [0.3, 0.4) is 0 Å². The van der Waals surface area contributed by atoms with Gasteiger partial charge >= 0.3 is 11.7 Å². The summed E-state index contributed by atoms with van der Waals surface area (Å²) in [5.74, 6) is -8.12. The van der Waals surface area contributed by atoms with Gasteiger partial charge in [-0.1, -0.05) is 19.4 Å². The molecule has 1 aromatic carbocycles. The normalized spacial score (nSPS) is 11.1. The molecule has 0 spiro atoms. The Morgan fingerprint density at radius 2 is 1.89 bits per heavy atom. The number of hydrogen-bond acceptors (Lipinski definition) is 6. The minimum absolute atomic E-state index is 0.0528. The Balaban J connectivity index is 3.54. The number of nitrogens with zero attached hydrogens (tertiary/aromatic N) is 1. The fourth-order valence-electron chi connectivity index (χ4n) is 2.13. The van der Waals surface area contributed by atoms with Gasteiger partial charge in [0.25, 0.3) is 0 Å². The van der Waals surface area contributed by atoms with E-state index in [-0.39, 0.29) is 13.2 Å². The van der Waals surface area contributed by atoms with Gasteiger partial charge in [-0.2, -0.15) is 4.39 Å². The summed E-state index contributed by atoms with van der Waals surface area (Å²) in [6.45, 7) is 6.10. The Hall–Kier alpha value is -3.17. The highest BCUT2D eigenvalue weighted by molar-refractivity contribution is 6.25. The first kappa shape index (κ1) is 22.9. The van der Waals surface area contributed by atoms with Crippen LogP contribution < -0.4 is 5.32 Å². The van der Waals surface area contributed by atoms with E-state index in [1.54, 1.807) is 0 Å². The maximum atomic E-state index is 14.5. The summed E-state index contributed by atoms with van der Waals surface area (Å²) >= 11 is 0. The first-order valence-electron chi connectivity index (χ1n) is 8.26. The van der Waals surface area contributed by atoms with Gasteiger partial charge in [0, 0.05) is 18.3 Å². The summed E-state index contributed by atoms with van der Waals surface area (Å²) in [5, 5.41) is 13.6. The molecule has 1 rings (SSSR count). The van der Waals surface area contributed by atoms with Gasteiger partial charge in [-0.05, 0) is 13.3 Å². The van der Waals surface area contributed by atoms with E-state index >= 15 is 0 Å². The number of nitro groups is 1. The molecule has 0 saturated heterocycles. The highest BCUT2D eigenvalue weighted by Crippen LogP contribution is 2.32. The molecule has 0 saturated carbocycles. The van der Waals surface area contributed by atoms with Crippen molar-refractivity contribution >= 4 is 17.4 Å². The standard InChI is InChI=1S/C18H19F3N2O5/c1-4-6-8-28-18(25)11(9-22-7-5-2)17(24)12-13(19)10(3)14(20)15(21)16(12)23(26)27/h5,9,22H,2,4,6-8H2,1,3H3/b11-9+. The van der Waals surface area contributed by atoms with Crippen molar-refractivity contribution in [1.82, 2.24) is 5.32 Å². The molecule has 0 aliphatic rings. The van der Waals surface area contributed by atoms with Gasteiger partial charge in [-0.15, -0.1) is 6.58 Å². The molecule has 0 aliphatic carbocycles. The second-order valence-electron chi connectivity index (χ2n) is 5.62. The van der Waals surface area contributed by atoms with Gasteiger partial charge in [0.15, 0.2) is 5.82 Å². The van der Waals surface area contributed by atoms with Crippen LogP contribution in [0, 0.1) is 34.5 Å². The van der Waals surface area contributed by atoms with Crippen LogP contribution in [0.5, 0.6) is 0 Å². The van der Waals surface area contributed by atoms with E-state index in [9.17, 15) is 32.9 Å². The van der Waals surface area contributed by atoms with Gasteiger partial charge < -0.3 is 10.1 Å². The van der Waals surface area contributed by atoms with Crippen LogP contribution in [0.15, 0.2) is 24.4 Å². The zero-order valence-electron chi connectivity index (χ0n) is 15.3. The molecule has 7 nitrogen and oxygen atoms in total. The average Bonchev–Trinajstić information content (AvgIpc) is 2.65. The van der Waals surface area contributed by atoms with E-state index in [0.29, 0.717) is 12.8 Å². The molecule has 1 aromatic rings. The summed E-state index contributed by atoms with van der Waals surface area (Å²) in [5.41, 5.74) is -4.78. The highest BCUT2D eigenvalue weighted by Gasteiger charge is 2.37. The summed E-state index contributed by atoms with van der Waals surface area (Å²) in [7, 11) is 0. The number of carbonyl (C=O) groups excluding carboxylic acids is 2. The SMILES string of the molecule is C=CCN/C=C(/C(=O)OCCCC)C(=O)c1c(F)c(C)c(F)c(F)c1[N+](=O)[O-]. The smallest absolute Gasteiger partial charge is 0.343 e. The number of benzene rings is 1. The van der Waals surface area contributed by atoms with Crippen LogP contribution >= 0.6 is 0 Å². The van der Waals surface area contributed by atoms with Crippen molar-refractivity contribution in [3.63, 3.8) is 0 Å². The number of ketones is 1. The van der Waals surface area contributed by atoms with Crippen molar-refractivity contribution in [3.8, 4) is 0 Å². The topological polar surface area (TPSA) is 98.5 Å². The maximum Gasteiger partial charge on any atom is 0.343 e. The average molecular weight is 400 g/mol. The number of Topliss-reactive ketones (excluding diaryl/α,β-unsaturated/α-hetero) is 1. The number of esters is 1. The molecule has 0 amide bonds. The minimum Gasteiger partial charge on any atom is -0.462 e. The van der Waals surface area contributed by atoms with Gasteiger partial charge in [0.05, 0.1) is 11.5 Å². The van der Waals surface area contributed by atoms with Gasteiger partial charge in [-0.3, -0.25) is 14.9 Å². The summed E-state index contributed by atoms with van der Waals surface area (Å²) in [4.78, 5) is 34.6. The van der Waals surface area contributed by atoms with Gasteiger partial charge in [0.1, 0.15) is 17.0 Å². The van der Waals surface area contributed by atoms with E-state index in [1.807, 2.05) is 6.92 Å². The Morgan fingerprint density at radius 3 is 2.43 bits per heavy atom. The summed E-state index contributed by atoms with van der Waals surface area (Å²) < 4.78 is 47.1. The number of nitrogens with one attached hydrogen (secondary N) is 1. The molecule has 28 heavy (non-hydrogen) atoms. The lowest BCUT2D eigenvalue weighted by molar-refractivity contribution is -0.388. The Morgan fingerprint density at radius 1 is 1.25 bits per heavy atom. The number of carbonyl (C=O) groups is 2. The molecule has 0 atom stereocenters. The van der Waals surface area contributed by atoms with Gasteiger partial charge in [-0.25, -0.2) is 13.6 Å². The fraction of sp³-hybridized carbons (Fsp3) is 0.333. The molecule has 0 aromatic heterocycles. The number of hydrogen-bond donors (Lipinski definition) is 1. The number of unbranched alkanes of at least 4 members (excludes halogenated alkanes) is 1. The number of rotatable bonds is 10. The van der Waals surface area contributed by atoms with Crippen molar-refractivity contribution in [2.75, 3.05) is 13.2 Å². The fourth-order valence-corrected chi connectivity index (χ4v) is 2.13. The van der Waals surface area contributed by atoms with Gasteiger partial charge in [0.2, 0.25) is 11.6 Å². The van der Waals surface area contributed by atoms with E-state index in [2.05, 4.69) is 11.9 Å². The number of halogens is 3. The molecule has 1 N–H and O–H groups in total. The molecule has 0 fully saturated rings. The lowest BCUT2D eigenvalue weighted by atomic mass is 9.98. The molecule has 0 bridgehead atoms. The van der Waals surface area contributed by atoms with Crippen LogP contribution in [-0.2, 0) is 9.53 Å². The van der Waals surface area contributed by atoms with Crippen molar-refractivity contribution in [1.29, 1.82) is 0 Å². The number of nitro benzene ring substituents is 1. The van der Waals surface area contributed by atoms with Crippen LogP contribution in [0.25, 0.3) is 0 Å². The molecule has 0 aliphatic heterocycles. The summed E-state index contributed by atoms with van der Waals surface area (Å²) in [6.07, 6.45) is 3.40. The predicted molar refractivity (Wildman–Crippen MR) is 94.2 cm³/mol. The predicted octanol–water partition coefficient (Wildman–Crippen LogP) is 3.51. The zero-order valence-corrected chi connectivity index (χ0v) is 15.3. The third-order valence-electron chi connectivity index (χ3n) is 3.63. The minimum atomic E-state index is -2.00. The first-order valence-corrected chi connectivity index (χ1v) is 8.26. The van der Waals surface area contributed by atoms with Crippen molar-refractivity contribution in [2.24, 2.45) is 0 Å². The maximum absolute atomic E-state index is 14.5. The van der Waals surface area contributed by atoms with Crippen molar-refractivity contribution in [2.45, 2.75) is 26.7 Å². The quantitative estimate of drug-likeness (QED) is 0.0617. The van der Waals surface area contributed by atoms with E-state index in [4.69, 9.17) is 4.74 Å². The Labute approximate surface area is 159 Å². The number of ether oxygens (including phenoxy) is 1. The molecule has 0 radical (unpaired) electrons. The van der Waals surface area contributed by atoms with E-state index in [0.717, 1.165) is 13.1 Å². The van der Waals surface area contributed by atoms with E-state index < -0.39 is 56.5 Å². The second-order valence-corrected chi connectivity index (χ2v) is 5.62. The highest BCUT2D eigenvalue weighted by atomic mass is 19.2. The Kier molecular flexibility index (Phi) is 8.36. The second kappa shape index (κ2) is 10.2. The van der Waals surface area contributed by atoms with E-state index in [1.165, 1.54) is 6.08 Å². The Bertz CT molecular complexity index is 837. The third kappa shape index (κ3) is 4.96. The molecular weight excluding hydrogens is 381 g/mol. The molecule has 0 unspecified atom stereocenters. The monoisotopic (exact) mass is 400 g/mol. The van der Waals surface area contributed by atoms with Crippen LogP contribution in [0.4, 0.5) is 18.9 Å². The molecule has 10 heteroatoms. The first-order chi connectivity index (χ1) is 13.2. The lowest BCUT2D eigenvalue weighted by Crippen LogP contribution is -2.23. The zero-order chi connectivity index (χ0) is 21.4. The third-order valence-corrected chi connectivity index (χ3v) is 3.63. The molecule has 152 valence electrons. The van der Waals surface area contributed by atoms with Crippen LogP contribution in [-0.4, -0.2) is 29.8 Å². The molecule has 0 heterocycles. The van der Waals surface area contributed by atoms with Crippen molar-refractivity contribution < 1.29 is 32.4 Å². The largest absolute Gasteiger partial charge is 0.462 e. The molecular formula is C18H19F3N2O5.